The number of aromatic nitrogens is 6. The van der Waals surface area contributed by atoms with Crippen LogP contribution >= 0.6 is 11.6 Å². The number of aliphatic hydroxyl groups excluding tert-OH is 1. The van der Waals surface area contributed by atoms with Crippen LogP contribution in [-0.4, -0.2) is 82.6 Å². The van der Waals surface area contributed by atoms with E-state index in [1.165, 1.54) is 35.3 Å². The summed E-state index contributed by atoms with van der Waals surface area (Å²) in [7, 11) is 0. The van der Waals surface area contributed by atoms with Gasteiger partial charge in [0.2, 0.25) is 0 Å². The second-order valence-electron chi connectivity index (χ2n) is 10.4. The Morgan fingerprint density at radius 1 is 1.14 bits per heavy atom. The number of hydrogen-bond acceptors (Lipinski definition) is 7. The molecule has 0 aliphatic carbocycles. The first-order valence-electron chi connectivity index (χ1n) is 12.9. The van der Waals surface area contributed by atoms with Crippen LogP contribution in [0.15, 0.2) is 59.7 Å². The van der Waals surface area contributed by atoms with E-state index >= 15 is 0 Å². The number of benzene rings is 2. The molecule has 222 valence electrons. The molecule has 2 aromatic heterocycles. The molecule has 1 aliphatic rings. The molecule has 2 aromatic carbocycles. The summed E-state index contributed by atoms with van der Waals surface area (Å²) in [5.74, 6) is -0.181. The number of para-hydroxylation sites is 1. The van der Waals surface area contributed by atoms with E-state index in [0.717, 1.165) is 9.25 Å². The fourth-order valence-electron chi connectivity index (χ4n) is 4.65. The molecule has 0 bridgehead atoms. The van der Waals surface area contributed by atoms with E-state index in [1.807, 2.05) is 13.8 Å². The molecule has 0 spiro atoms. The lowest BCUT2D eigenvalue weighted by atomic mass is 10.0. The molecule has 1 amide bonds. The second kappa shape index (κ2) is 11.3. The molecule has 1 fully saturated rings. The fourth-order valence-corrected chi connectivity index (χ4v) is 4.78. The first-order valence-corrected chi connectivity index (χ1v) is 13.3. The van der Waals surface area contributed by atoms with Crippen LogP contribution in [0.4, 0.5) is 13.2 Å². The monoisotopic (exact) mass is 605 g/mol. The maximum atomic E-state index is 13.5. The van der Waals surface area contributed by atoms with Crippen molar-refractivity contribution in [3.63, 3.8) is 0 Å². The summed E-state index contributed by atoms with van der Waals surface area (Å²) in [5, 5.41) is 18.7. The van der Waals surface area contributed by atoms with Gasteiger partial charge in [-0.2, -0.15) is 13.2 Å². The third-order valence-corrected chi connectivity index (χ3v) is 7.11. The average Bonchev–Trinajstić information content (AvgIpc) is 3.53. The Balaban J connectivity index is 1.46. The first kappa shape index (κ1) is 29.5. The molecule has 1 unspecified atom stereocenters. The van der Waals surface area contributed by atoms with E-state index in [1.54, 1.807) is 29.2 Å². The summed E-state index contributed by atoms with van der Waals surface area (Å²) in [6.45, 7) is 3.74. The Kier molecular flexibility index (Phi) is 7.96. The predicted octanol–water partition coefficient (Wildman–Crippen LogP) is 3.17. The molecule has 1 atom stereocenters. The van der Waals surface area contributed by atoms with Gasteiger partial charge >= 0.3 is 11.9 Å². The molecule has 1 saturated heterocycles. The van der Waals surface area contributed by atoms with Crippen molar-refractivity contribution in [1.29, 1.82) is 0 Å². The number of hydrogen-bond donors (Lipinski definition) is 1. The lowest BCUT2D eigenvalue weighted by Gasteiger charge is -2.42. The number of carbonyl (C=O) groups excluding carboxylic acids is 1. The Labute approximate surface area is 242 Å². The van der Waals surface area contributed by atoms with Gasteiger partial charge in [-0.25, -0.2) is 19.1 Å². The number of carbonyl (C=O) groups is 1. The van der Waals surface area contributed by atoms with E-state index in [4.69, 9.17) is 16.3 Å². The topological polar surface area (TPSA) is 120 Å². The third kappa shape index (κ3) is 5.96. The van der Waals surface area contributed by atoms with E-state index in [-0.39, 0.29) is 24.1 Å². The summed E-state index contributed by atoms with van der Waals surface area (Å²) in [6.07, 6.45) is -6.36. The van der Waals surface area contributed by atoms with Crippen molar-refractivity contribution in [2.75, 3.05) is 19.8 Å². The van der Waals surface area contributed by atoms with Gasteiger partial charge in [0.25, 0.3) is 5.91 Å². The van der Waals surface area contributed by atoms with Gasteiger partial charge in [-0.3, -0.25) is 9.36 Å². The van der Waals surface area contributed by atoms with Gasteiger partial charge in [0.15, 0.2) is 17.8 Å². The van der Waals surface area contributed by atoms with E-state index in [9.17, 15) is 27.9 Å². The number of amides is 1. The molecule has 1 aliphatic heterocycles. The van der Waals surface area contributed by atoms with Crippen LogP contribution in [0, 0.1) is 0 Å². The molecule has 3 heterocycles. The quantitative estimate of drug-likeness (QED) is 0.344. The van der Waals surface area contributed by atoms with Crippen LogP contribution in [0.5, 0.6) is 0 Å². The van der Waals surface area contributed by atoms with Gasteiger partial charge in [-0.15, -0.1) is 10.2 Å². The summed E-state index contributed by atoms with van der Waals surface area (Å²) >= 11 is 5.94. The van der Waals surface area contributed by atoms with Crippen molar-refractivity contribution in [3.8, 4) is 17.1 Å². The van der Waals surface area contributed by atoms with Gasteiger partial charge < -0.3 is 14.7 Å². The summed E-state index contributed by atoms with van der Waals surface area (Å²) < 4.78 is 48.1. The SMILES string of the molecule is CC1(C)COCCN1C(=O)c1ccccc1-n1cnc(Cn2nc(-c3ccc(Cl)cc3)n(CC(O)C(F)(F)F)c2=O)n1. The van der Waals surface area contributed by atoms with Gasteiger partial charge in [-0.05, 0) is 50.2 Å². The Bertz CT molecular complexity index is 1650. The zero-order valence-corrected chi connectivity index (χ0v) is 23.4. The predicted molar refractivity (Wildman–Crippen MR) is 145 cm³/mol. The number of alkyl halides is 3. The molecule has 0 radical (unpaired) electrons. The van der Waals surface area contributed by atoms with Gasteiger partial charge in [0.1, 0.15) is 12.9 Å². The Hall–Kier alpha value is -4.01. The second-order valence-corrected chi connectivity index (χ2v) is 10.8. The molecule has 4 aromatic rings. The number of rotatable bonds is 7. The molecule has 42 heavy (non-hydrogen) atoms. The zero-order valence-electron chi connectivity index (χ0n) is 22.6. The van der Waals surface area contributed by atoms with Crippen molar-refractivity contribution in [2.24, 2.45) is 0 Å². The van der Waals surface area contributed by atoms with Crippen LogP contribution in [0.3, 0.4) is 0 Å². The Morgan fingerprint density at radius 2 is 1.86 bits per heavy atom. The summed E-state index contributed by atoms with van der Waals surface area (Å²) in [6, 6.07) is 12.9. The van der Waals surface area contributed by atoms with Crippen molar-refractivity contribution >= 4 is 17.5 Å². The largest absolute Gasteiger partial charge is 0.416 e. The standard InChI is InChI=1S/C27H27ClF3N7O4/c1-26(2)15-42-12-11-36(26)24(40)19-5-3-4-6-20(19)38-16-32-22(33-38)14-37-25(41)35(13-21(39)27(29,30)31)23(34-37)17-7-9-18(28)10-8-17/h3-10,16,21,39H,11-15H2,1-2H3. The van der Waals surface area contributed by atoms with Crippen molar-refractivity contribution in [2.45, 2.75) is 44.8 Å². The van der Waals surface area contributed by atoms with E-state index in [2.05, 4.69) is 15.2 Å². The highest BCUT2D eigenvalue weighted by Gasteiger charge is 2.39. The maximum absolute atomic E-state index is 13.5. The van der Waals surface area contributed by atoms with Gasteiger partial charge in [-0.1, -0.05) is 23.7 Å². The maximum Gasteiger partial charge on any atom is 0.416 e. The molecule has 1 N–H and O–H groups in total. The lowest BCUT2D eigenvalue weighted by molar-refractivity contribution is -0.207. The smallest absolute Gasteiger partial charge is 0.382 e. The molecule has 11 nitrogen and oxygen atoms in total. The highest BCUT2D eigenvalue weighted by Crippen LogP contribution is 2.26. The van der Waals surface area contributed by atoms with Crippen molar-refractivity contribution in [3.05, 3.63) is 81.8 Å². The zero-order chi connectivity index (χ0) is 30.2. The van der Waals surface area contributed by atoms with Gasteiger partial charge in [0.05, 0.1) is 36.5 Å². The number of ether oxygens (including phenoxy) is 1. The van der Waals surface area contributed by atoms with Crippen LogP contribution in [0.25, 0.3) is 17.1 Å². The summed E-state index contributed by atoms with van der Waals surface area (Å²) in [4.78, 5) is 32.7. The first-order chi connectivity index (χ1) is 19.8. The van der Waals surface area contributed by atoms with Crippen LogP contribution < -0.4 is 5.69 Å². The Morgan fingerprint density at radius 3 is 2.55 bits per heavy atom. The van der Waals surface area contributed by atoms with Crippen molar-refractivity contribution < 1.29 is 27.8 Å². The number of morpholine rings is 1. The average molecular weight is 606 g/mol. The highest BCUT2D eigenvalue weighted by atomic mass is 35.5. The fraction of sp³-hybridized carbons (Fsp3) is 0.370. The highest BCUT2D eigenvalue weighted by molar-refractivity contribution is 6.30. The number of aliphatic hydroxyl groups is 1. The minimum absolute atomic E-state index is 0.0940. The number of nitrogens with zero attached hydrogens (tertiary/aromatic N) is 7. The van der Waals surface area contributed by atoms with E-state index < -0.39 is 30.1 Å². The summed E-state index contributed by atoms with van der Waals surface area (Å²) in [5.41, 5.74) is -0.253. The molecule has 15 heteroatoms. The molecule has 5 rings (SSSR count). The lowest BCUT2D eigenvalue weighted by Crippen LogP contribution is -2.55. The minimum atomic E-state index is -4.94. The van der Waals surface area contributed by atoms with Crippen LogP contribution in [0.2, 0.25) is 5.02 Å². The minimum Gasteiger partial charge on any atom is -0.382 e. The van der Waals surface area contributed by atoms with Crippen LogP contribution in [-0.2, 0) is 17.8 Å². The van der Waals surface area contributed by atoms with Gasteiger partial charge in [0, 0.05) is 17.1 Å². The normalized spacial score (nSPS) is 16.0. The van der Waals surface area contributed by atoms with Crippen LogP contribution in [0.1, 0.15) is 30.0 Å². The van der Waals surface area contributed by atoms with E-state index in [0.29, 0.717) is 41.6 Å². The number of halogens is 4. The third-order valence-electron chi connectivity index (χ3n) is 6.86. The molecular weight excluding hydrogens is 579 g/mol. The van der Waals surface area contributed by atoms with Crippen molar-refractivity contribution in [1.82, 2.24) is 34.0 Å². The molecule has 0 saturated carbocycles. The molecular formula is C27H27ClF3N7O4.